The number of hydrogen-bond acceptors (Lipinski definition) is 2. The Kier molecular flexibility index (Phi) is 4.98. The SMILES string of the molecule is c1ccc(OCC2CO2)c(CCCCc2ccc3ccccc3c2)c1. The highest BCUT2D eigenvalue weighted by Crippen LogP contribution is 2.23. The highest BCUT2D eigenvalue weighted by molar-refractivity contribution is 5.82. The standard InChI is InChI=1S/C23H24O2/c1(7-18-13-14-19-8-3-4-11-21(19)15-18)2-9-20-10-5-6-12-23(20)25-17-22-16-24-22/h3-6,8,10-15,22H,1-2,7,9,16-17H2. The molecule has 0 N–H and O–H groups in total. The number of unbranched alkanes of at least 4 members (excludes halogenated alkanes) is 1. The Morgan fingerprint density at radius 2 is 1.60 bits per heavy atom. The molecule has 1 atom stereocenters. The maximum atomic E-state index is 5.90. The summed E-state index contributed by atoms with van der Waals surface area (Å²) < 4.78 is 11.1. The van der Waals surface area contributed by atoms with E-state index in [2.05, 4.69) is 60.7 Å². The second-order valence-corrected chi connectivity index (χ2v) is 6.76. The van der Waals surface area contributed by atoms with Crippen molar-refractivity contribution in [1.82, 2.24) is 0 Å². The van der Waals surface area contributed by atoms with Crippen molar-refractivity contribution < 1.29 is 9.47 Å². The molecule has 0 spiro atoms. The Bertz CT molecular complexity index is 836. The summed E-state index contributed by atoms with van der Waals surface area (Å²) in [5.41, 5.74) is 2.73. The van der Waals surface area contributed by atoms with Crippen molar-refractivity contribution >= 4 is 10.8 Å². The van der Waals surface area contributed by atoms with E-state index in [4.69, 9.17) is 9.47 Å². The lowest BCUT2D eigenvalue weighted by Crippen LogP contribution is -2.05. The predicted octanol–water partition coefficient (Wildman–Crippen LogP) is 5.18. The summed E-state index contributed by atoms with van der Waals surface area (Å²) in [6, 6.07) is 23.8. The van der Waals surface area contributed by atoms with Gasteiger partial charge in [-0.1, -0.05) is 60.7 Å². The predicted molar refractivity (Wildman–Crippen MR) is 102 cm³/mol. The highest BCUT2D eigenvalue weighted by Gasteiger charge is 2.23. The van der Waals surface area contributed by atoms with Crippen molar-refractivity contribution in [2.45, 2.75) is 31.8 Å². The van der Waals surface area contributed by atoms with Crippen LogP contribution < -0.4 is 4.74 Å². The van der Waals surface area contributed by atoms with Crippen LogP contribution in [0.5, 0.6) is 5.75 Å². The molecule has 2 heteroatoms. The van der Waals surface area contributed by atoms with Gasteiger partial charge in [0, 0.05) is 0 Å². The van der Waals surface area contributed by atoms with Crippen molar-refractivity contribution in [2.75, 3.05) is 13.2 Å². The minimum Gasteiger partial charge on any atom is -0.491 e. The molecule has 0 radical (unpaired) electrons. The fraction of sp³-hybridized carbons (Fsp3) is 0.304. The van der Waals surface area contributed by atoms with E-state index in [-0.39, 0.29) is 0 Å². The van der Waals surface area contributed by atoms with Gasteiger partial charge in [0.25, 0.3) is 0 Å². The van der Waals surface area contributed by atoms with Crippen LogP contribution in [0.2, 0.25) is 0 Å². The molecule has 3 aromatic rings. The van der Waals surface area contributed by atoms with Gasteiger partial charge in [0.05, 0.1) is 6.61 Å². The molecule has 1 fully saturated rings. The fourth-order valence-corrected chi connectivity index (χ4v) is 3.24. The molecule has 4 rings (SSSR count). The summed E-state index contributed by atoms with van der Waals surface area (Å²) in [5, 5.41) is 2.65. The van der Waals surface area contributed by atoms with E-state index in [0.29, 0.717) is 12.7 Å². The summed E-state index contributed by atoms with van der Waals surface area (Å²) in [6.45, 7) is 1.52. The van der Waals surface area contributed by atoms with Crippen molar-refractivity contribution in [1.29, 1.82) is 0 Å². The van der Waals surface area contributed by atoms with E-state index in [1.165, 1.54) is 34.7 Å². The van der Waals surface area contributed by atoms with Gasteiger partial charge in [-0.25, -0.2) is 0 Å². The lowest BCUT2D eigenvalue weighted by molar-refractivity contribution is 0.261. The number of aryl methyl sites for hydroxylation is 2. The first kappa shape index (κ1) is 16.2. The number of para-hydroxylation sites is 1. The summed E-state index contributed by atoms with van der Waals surface area (Å²) in [5.74, 6) is 1.02. The Balaban J connectivity index is 1.29. The van der Waals surface area contributed by atoms with Gasteiger partial charge in [-0.15, -0.1) is 0 Å². The van der Waals surface area contributed by atoms with Crippen LogP contribution in [0.1, 0.15) is 24.0 Å². The molecule has 0 saturated carbocycles. The van der Waals surface area contributed by atoms with Gasteiger partial charge < -0.3 is 9.47 Å². The maximum absolute atomic E-state index is 5.90. The number of benzene rings is 3. The smallest absolute Gasteiger partial charge is 0.122 e. The fourth-order valence-electron chi connectivity index (χ4n) is 3.24. The zero-order valence-electron chi connectivity index (χ0n) is 14.5. The van der Waals surface area contributed by atoms with Gasteiger partial charge in [0.15, 0.2) is 0 Å². The zero-order chi connectivity index (χ0) is 16.9. The maximum Gasteiger partial charge on any atom is 0.122 e. The molecule has 2 nitrogen and oxygen atoms in total. The van der Waals surface area contributed by atoms with Crippen LogP contribution in [0, 0.1) is 0 Å². The molecular weight excluding hydrogens is 308 g/mol. The second kappa shape index (κ2) is 7.71. The molecule has 3 aromatic carbocycles. The van der Waals surface area contributed by atoms with Crippen LogP contribution in [0.15, 0.2) is 66.7 Å². The Morgan fingerprint density at radius 1 is 0.840 bits per heavy atom. The molecule has 0 aliphatic carbocycles. The van der Waals surface area contributed by atoms with Crippen molar-refractivity contribution in [3.63, 3.8) is 0 Å². The minimum atomic E-state index is 0.306. The van der Waals surface area contributed by atoms with E-state index < -0.39 is 0 Å². The molecule has 128 valence electrons. The Hall–Kier alpha value is -2.32. The van der Waals surface area contributed by atoms with Gasteiger partial charge in [-0.2, -0.15) is 0 Å². The third-order valence-electron chi connectivity index (χ3n) is 4.78. The number of rotatable bonds is 8. The first-order chi connectivity index (χ1) is 12.4. The van der Waals surface area contributed by atoms with E-state index in [9.17, 15) is 0 Å². The Labute approximate surface area is 149 Å². The van der Waals surface area contributed by atoms with Gasteiger partial charge >= 0.3 is 0 Å². The summed E-state index contributed by atoms with van der Waals surface area (Å²) >= 11 is 0. The van der Waals surface area contributed by atoms with E-state index in [0.717, 1.165) is 25.2 Å². The molecule has 1 saturated heterocycles. The van der Waals surface area contributed by atoms with Crippen molar-refractivity contribution in [2.24, 2.45) is 0 Å². The number of ether oxygens (including phenoxy) is 2. The van der Waals surface area contributed by atoms with Gasteiger partial charge in [-0.3, -0.25) is 0 Å². The van der Waals surface area contributed by atoms with E-state index in [1.54, 1.807) is 0 Å². The van der Waals surface area contributed by atoms with Crippen LogP contribution in [0.25, 0.3) is 10.8 Å². The second-order valence-electron chi connectivity index (χ2n) is 6.76. The van der Waals surface area contributed by atoms with Crippen LogP contribution in [-0.4, -0.2) is 19.3 Å². The molecule has 0 aromatic heterocycles. The summed E-state index contributed by atoms with van der Waals surface area (Å²) in [7, 11) is 0. The monoisotopic (exact) mass is 332 g/mol. The number of fused-ring (bicyclic) bond motifs is 1. The molecule has 0 amide bonds. The molecule has 1 aliphatic heterocycles. The molecule has 0 bridgehead atoms. The average Bonchev–Trinajstić information content (AvgIpc) is 3.49. The third-order valence-corrected chi connectivity index (χ3v) is 4.78. The van der Waals surface area contributed by atoms with Crippen LogP contribution >= 0.6 is 0 Å². The first-order valence-electron chi connectivity index (χ1n) is 9.18. The van der Waals surface area contributed by atoms with Crippen LogP contribution in [0.3, 0.4) is 0 Å². The molecular formula is C23H24O2. The minimum absolute atomic E-state index is 0.306. The summed E-state index contributed by atoms with van der Waals surface area (Å²) in [4.78, 5) is 0. The molecule has 1 aliphatic rings. The average molecular weight is 332 g/mol. The largest absolute Gasteiger partial charge is 0.491 e. The normalized spacial score (nSPS) is 16.1. The lowest BCUT2D eigenvalue weighted by Gasteiger charge is -2.10. The lowest BCUT2D eigenvalue weighted by atomic mass is 10.0. The van der Waals surface area contributed by atoms with Gasteiger partial charge in [-0.05, 0) is 53.6 Å². The zero-order valence-corrected chi connectivity index (χ0v) is 14.5. The van der Waals surface area contributed by atoms with Crippen molar-refractivity contribution in [3.8, 4) is 5.75 Å². The van der Waals surface area contributed by atoms with Gasteiger partial charge in [0.2, 0.25) is 0 Å². The quantitative estimate of drug-likeness (QED) is 0.418. The van der Waals surface area contributed by atoms with Crippen molar-refractivity contribution in [3.05, 3.63) is 77.9 Å². The molecule has 1 unspecified atom stereocenters. The Morgan fingerprint density at radius 3 is 2.48 bits per heavy atom. The van der Waals surface area contributed by atoms with E-state index in [1.807, 2.05) is 6.07 Å². The molecule has 1 heterocycles. The number of epoxide rings is 1. The van der Waals surface area contributed by atoms with Crippen LogP contribution in [0.4, 0.5) is 0 Å². The van der Waals surface area contributed by atoms with Gasteiger partial charge in [0.1, 0.15) is 18.5 Å². The molecule has 25 heavy (non-hydrogen) atoms. The first-order valence-corrected chi connectivity index (χ1v) is 9.18. The number of hydrogen-bond donors (Lipinski definition) is 0. The summed E-state index contributed by atoms with van der Waals surface area (Å²) in [6.07, 6.45) is 4.87. The van der Waals surface area contributed by atoms with E-state index >= 15 is 0 Å². The highest BCUT2D eigenvalue weighted by atomic mass is 16.6. The third kappa shape index (κ3) is 4.40. The topological polar surface area (TPSA) is 21.8 Å². The van der Waals surface area contributed by atoms with Crippen LogP contribution in [-0.2, 0) is 17.6 Å².